The molecule has 0 bridgehead atoms. The van der Waals surface area contributed by atoms with Crippen LogP contribution in [0.25, 0.3) is 0 Å². The van der Waals surface area contributed by atoms with Gasteiger partial charge in [0, 0.05) is 6.04 Å². The van der Waals surface area contributed by atoms with Crippen LogP contribution in [0, 0.1) is 11.3 Å². The molecule has 0 radical (unpaired) electrons. The van der Waals surface area contributed by atoms with Crippen LogP contribution in [0.3, 0.4) is 0 Å². The summed E-state index contributed by atoms with van der Waals surface area (Å²) >= 11 is 0. The van der Waals surface area contributed by atoms with Crippen molar-refractivity contribution in [2.45, 2.75) is 58.4 Å². The third-order valence-electron chi connectivity index (χ3n) is 4.74. The smallest absolute Gasteiger partial charge is 0.0123 e. The molecule has 0 spiro atoms. The molecule has 2 heteroatoms. The summed E-state index contributed by atoms with van der Waals surface area (Å²) in [6, 6.07) is 0.919. The number of piperidine rings is 1. The zero-order valence-corrected chi connectivity index (χ0v) is 11.0. The quantitative estimate of drug-likeness (QED) is 0.795. The summed E-state index contributed by atoms with van der Waals surface area (Å²) < 4.78 is 0. The van der Waals surface area contributed by atoms with Gasteiger partial charge in [-0.2, -0.15) is 0 Å². The lowest BCUT2D eigenvalue weighted by atomic mass is 9.87. The molecule has 2 rings (SSSR count). The molecule has 0 aromatic rings. The third-order valence-corrected chi connectivity index (χ3v) is 4.74. The molecule has 2 unspecified atom stereocenters. The van der Waals surface area contributed by atoms with Gasteiger partial charge < -0.3 is 10.6 Å². The van der Waals surface area contributed by atoms with E-state index >= 15 is 0 Å². The molecule has 94 valence electrons. The summed E-state index contributed by atoms with van der Waals surface area (Å²) in [7, 11) is 0. The lowest BCUT2D eigenvalue weighted by Crippen LogP contribution is -2.44. The molecule has 1 aliphatic carbocycles. The van der Waals surface area contributed by atoms with E-state index in [2.05, 4.69) is 18.7 Å². The highest BCUT2D eigenvalue weighted by atomic mass is 15.2. The summed E-state index contributed by atoms with van der Waals surface area (Å²) in [6.07, 6.45) is 8.57. The third kappa shape index (κ3) is 2.78. The van der Waals surface area contributed by atoms with Crippen LogP contribution < -0.4 is 5.73 Å². The highest BCUT2D eigenvalue weighted by Crippen LogP contribution is 2.37. The summed E-state index contributed by atoms with van der Waals surface area (Å²) in [4.78, 5) is 2.76. The second kappa shape index (κ2) is 5.05. The Morgan fingerprint density at radius 3 is 2.69 bits per heavy atom. The van der Waals surface area contributed by atoms with Crippen molar-refractivity contribution in [3.63, 3.8) is 0 Å². The number of hydrogen-bond donors (Lipinski definition) is 1. The monoisotopic (exact) mass is 224 g/mol. The Bertz CT molecular complexity index is 225. The molecular formula is C14H28N2. The maximum atomic E-state index is 5.81. The maximum absolute atomic E-state index is 5.81. The van der Waals surface area contributed by atoms with Crippen molar-refractivity contribution in [3.8, 4) is 0 Å². The van der Waals surface area contributed by atoms with Gasteiger partial charge in [0.15, 0.2) is 0 Å². The zero-order valence-electron chi connectivity index (χ0n) is 11.0. The first kappa shape index (κ1) is 12.4. The number of likely N-dealkylation sites (tertiary alicyclic amines) is 1. The van der Waals surface area contributed by atoms with Crippen LogP contribution in [0.1, 0.15) is 52.4 Å². The van der Waals surface area contributed by atoms with Gasteiger partial charge in [-0.25, -0.2) is 0 Å². The van der Waals surface area contributed by atoms with Gasteiger partial charge in [-0.05, 0) is 63.1 Å². The van der Waals surface area contributed by atoms with Crippen LogP contribution in [0.4, 0.5) is 0 Å². The topological polar surface area (TPSA) is 29.3 Å². The first-order valence-corrected chi connectivity index (χ1v) is 7.06. The second-order valence-electron chi connectivity index (χ2n) is 6.55. The van der Waals surface area contributed by atoms with Crippen molar-refractivity contribution in [1.29, 1.82) is 0 Å². The number of hydrogen-bond acceptors (Lipinski definition) is 2. The molecule has 2 aliphatic rings. The molecule has 2 N–H and O–H groups in total. The van der Waals surface area contributed by atoms with Crippen molar-refractivity contribution in [3.05, 3.63) is 0 Å². The molecule has 0 amide bonds. The maximum Gasteiger partial charge on any atom is 0.0123 e. The summed E-state index contributed by atoms with van der Waals surface area (Å²) in [5, 5.41) is 0. The first-order valence-electron chi connectivity index (χ1n) is 7.06. The molecule has 2 fully saturated rings. The van der Waals surface area contributed by atoms with Gasteiger partial charge in [0.2, 0.25) is 0 Å². The van der Waals surface area contributed by atoms with Gasteiger partial charge in [0.05, 0.1) is 0 Å². The van der Waals surface area contributed by atoms with Crippen LogP contribution in [0.15, 0.2) is 0 Å². The lowest BCUT2D eigenvalue weighted by molar-refractivity contribution is 0.0982. The fourth-order valence-electron chi connectivity index (χ4n) is 3.38. The van der Waals surface area contributed by atoms with Crippen molar-refractivity contribution in [1.82, 2.24) is 4.90 Å². The number of rotatable bonds is 4. The predicted octanol–water partition coefficient (Wildman–Crippen LogP) is 2.63. The summed E-state index contributed by atoms with van der Waals surface area (Å²) in [5.41, 5.74) is 6.14. The van der Waals surface area contributed by atoms with E-state index in [0.29, 0.717) is 5.41 Å². The molecule has 16 heavy (non-hydrogen) atoms. The van der Waals surface area contributed by atoms with Crippen LogP contribution in [0.2, 0.25) is 0 Å². The predicted molar refractivity (Wildman–Crippen MR) is 69.4 cm³/mol. The molecule has 0 aromatic heterocycles. The van der Waals surface area contributed by atoms with Gasteiger partial charge in [-0.3, -0.25) is 0 Å². The fraction of sp³-hybridized carbons (Fsp3) is 1.00. The molecule has 2 atom stereocenters. The van der Waals surface area contributed by atoms with Gasteiger partial charge in [0.25, 0.3) is 0 Å². The Morgan fingerprint density at radius 1 is 1.19 bits per heavy atom. The van der Waals surface area contributed by atoms with Crippen LogP contribution >= 0.6 is 0 Å². The average molecular weight is 224 g/mol. The number of nitrogens with two attached hydrogens (primary N) is 1. The normalized spacial score (nSPS) is 31.7. The van der Waals surface area contributed by atoms with Crippen LogP contribution in [-0.4, -0.2) is 30.6 Å². The molecule has 0 aromatic carbocycles. The Labute approximate surface area is 101 Å². The molecule has 1 saturated carbocycles. The SMILES string of the molecule is CC(C)(CN)CCN1CCCC2CCCC21. The van der Waals surface area contributed by atoms with Crippen molar-refractivity contribution >= 4 is 0 Å². The average Bonchev–Trinajstić information content (AvgIpc) is 2.75. The van der Waals surface area contributed by atoms with E-state index in [4.69, 9.17) is 5.73 Å². The van der Waals surface area contributed by atoms with Gasteiger partial charge in [-0.15, -0.1) is 0 Å². The van der Waals surface area contributed by atoms with E-state index in [-0.39, 0.29) is 0 Å². The summed E-state index contributed by atoms with van der Waals surface area (Å²) in [6.45, 7) is 8.01. The number of fused-ring (bicyclic) bond motifs is 1. The van der Waals surface area contributed by atoms with E-state index in [1.54, 1.807) is 0 Å². The van der Waals surface area contributed by atoms with Gasteiger partial charge in [-0.1, -0.05) is 20.3 Å². The molecule has 1 heterocycles. The minimum Gasteiger partial charge on any atom is -0.330 e. The zero-order chi connectivity index (χ0) is 11.6. The number of nitrogens with zero attached hydrogens (tertiary/aromatic N) is 1. The Balaban J connectivity index is 1.84. The van der Waals surface area contributed by atoms with Crippen LogP contribution in [-0.2, 0) is 0 Å². The van der Waals surface area contributed by atoms with Gasteiger partial charge >= 0.3 is 0 Å². The van der Waals surface area contributed by atoms with Crippen LogP contribution in [0.5, 0.6) is 0 Å². The van der Waals surface area contributed by atoms with Crippen molar-refractivity contribution in [2.24, 2.45) is 17.1 Å². The van der Waals surface area contributed by atoms with E-state index in [1.807, 2.05) is 0 Å². The minimum atomic E-state index is 0.325. The first-order chi connectivity index (χ1) is 7.62. The highest BCUT2D eigenvalue weighted by Gasteiger charge is 2.35. The highest BCUT2D eigenvalue weighted by molar-refractivity contribution is 4.89. The van der Waals surface area contributed by atoms with E-state index in [0.717, 1.165) is 18.5 Å². The largest absolute Gasteiger partial charge is 0.330 e. The second-order valence-corrected chi connectivity index (χ2v) is 6.55. The van der Waals surface area contributed by atoms with Crippen molar-refractivity contribution in [2.75, 3.05) is 19.6 Å². The molecule has 1 aliphatic heterocycles. The minimum absolute atomic E-state index is 0.325. The van der Waals surface area contributed by atoms with Crippen molar-refractivity contribution < 1.29 is 0 Å². The Morgan fingerprint density at radius 2 is 1.94 bits per heavy atom. The molecule has 1 saturated heterocycles. The van der Waals surface area contributed by atoms with E-state index in [1.165, 1.54) is 51.6 Å². The Kier molecular flexibility index (Phi) is 3.91. The fourth-order valence-corrected chi connectivity index (χ4v) is 3.38. The summed E-state index contributed by atoms with van der Waals surface area (Å²) in [5.74, 6) is 1.02. The standard InChI is InChI=1S/C14H28N2/c1-14(2,11-15)8-10-16-9-4-6-12-5-3-7-13(12)16/h12-13H,3-11,15H2,1-2H3. The van der Waals surface area contributed by atoms with E-state index < -0.39 is 0 Å². The van der Waals surface area contributed by atoms with Gasteiger partial charge in [0.1, 0.15) is 0 Å². The van der Waals surface area contributed by atoms with E-state index in [9.17, 15) is 0 Å². The Hall–Kier alpha value is -0.0800. The molecular weight excluding hydrogens is 196 g/mol. The lowest BCUT2D eigenvalue weighted by Gasteiger charge is -2.39. The molecule has 2 nitrogen and oxygen atoms in total.